The Morgan fingerprint density at radius 3 is 2.42 bits per heavy atom. The van der Waals surface area contributed by atoms with Crippen LogP contribution in [0.5, 0.6) is 0 Å². The second-order valence-corrected chi connectivity index (χ2v) is 8.31. The van der Waals surface area contributed by atoms with Gasteiger partial charge in [-0.05, 0) is 56.2 Å². The molecule has 1 N–H and O–H groups in total. The van der Waals surface area contributed by atoms with Gasteiger partial charge >= 0.3 is 0 Å². The van der Waals surface area contributed by atoms with E-state index in [1.165, 1.54) is 6.07 Å². The molecule has 8 heteroatoms. The summed E-state index contributed by atoms with van der Waals surface area (Å²) in [5.41, 5.74) is 2.08. The van der Waals surface area contributed by atoms with Crippen molar-refractivity contribution in [3.05, 3.63) is 77.0 Å². The number of anilines is 1. The first-order chi connectivity index (χ1) is 15.6. The summed E-state index contributed by atoms with van der Waals surface area (Å²) in [4.78, 5) is 30.7. The van der Waals surface area contributed by atoms with Gasteiger partial charge in [0.15, 0.2) is 11.3 Å². The zero-order valence-electron chi connectivity index (χ0n) is 18.7. The quantitative estimate of drug-likeness (QED) is 0.602. The molecule has 0 saturated heterocycles. The fourth-order valence-electron chi connectivity index (χ4n) is 3.79. The predicted octanol–water partition coefficient (Wildman–Crippen LogP) is 4.87. The summed E-state index contributed by atoms with van der Waals surface area (Å²) in [6, 6.07) is 12.3. The van der Waals surface area contributed by atoms with Crippen molar-refractivity contribution in [2.45, 2.75) is 32.8 Å². The monoisotopic (exact) mass is 451 g/mol. The number of nitrogens with zero attached hydrogens (tertiary/aromatic N) is 2. The SMILES string of the molecule is CCc1ccc(C2=NOC(C)(C)C2=O)cc1-c1ccc(C(=O)Nc2c(F)cccc2F)n1C. The fourth-order valence-corrected chi connectivity index (χ4v) is 3.79. The highest BCUT2D eigenvalue weighted by atomic mass is 19.1. The molecular formula is C25H23F2N3O3. The smallest absolute Gasteiger partial charge is 0.272 e. The number of benzene rings is 2. The number of aromatic nitrogens is 1. The number of oxime groups is 1. The Bertz CT molecular complexity index is 1290. The first-order valence-corrected chi connectivity index (χ1v) is 10.5. The van der Waals surface area contributed by atoms with Crippen molar-refractivity contribution in [2.24, 2.45) is 12.2 Å². The lowest BCUT2D eigenvalue weighted by Gasteiger charge is -2.14. The molecule has 0 unspecified atom stereocenters. The molecule has 1 aliphatic heterocycles. The molecule has 0 radical (unpaired) electrons. The Labute approximate surface area is 189 Å². The number of carbonyl (C=O) groups is 2. The van der Waals surface area contributed by atoms with E-state index in [2.05, 4.69) is 10.5 Å². The highest BCUT2D eigenvalue weighted by Crippen LogP contribution is 2.30. The minimum absolute atomic E-state index is 0.212. The molecule has 0 atom stereocenters. The molecule has 2 heterocycles. The predicted molar refractivity (Wildman–Crippen MR) is 121 cm³/mol. The van der Waals surface area contributed by atoms with Crippen molar-refractivity contribution in [1.29, 1.82) is 0 Å². The standard InChI is InChI=1S/C25H23F2N3O3/c1-5-14-9-10-15(21-23(31)25(2,3)33-29-21)13-16(14)19-11-12-20(30(19)4)24(32)28-22-17(26)7-6-8-18(22)27/h6-13H,5H2,1-4H3,(H,28,32). The van der Waals surface area contributed by atoms with Crippen LogP contribution in [0.15, 0.2) is 53.7 Å². The van der Waals surface area contributed by atoms with Gasteiger partial charge in [0.2, 0.25) is 5.78 Å². The average Bonchev–Trinajstić information content (AvgIpc) is 3.29. The van der Waals surface area contributed by atoms with Crippen LogP contribution in [0.1, 0.15) is 42.4 Å². The molecule has 170 valence electrons. The summed E-state index contributed by atoms with van der Waals surface area (Å²) in [5, 5.41) is 6.28. The van der Waals surface area contributed by atoms with Crippen LogP contribution in [0, 0.1) is 11.6 Å². The molecule has 33 heavy (non-hydrogen) atoms. The number of hydrogen-bond donors (Lipinski definition) is 1. The number of aryl methyl sites for hydroxylation is 1. The normalized spacial score (nSPS) is 14.7. The second kappa shape index (κ2) is 8.27. The van der Waals surface area contributed by atoms with E-state index < -0.39 is 28.8 Å². The molecule has 4 rings (SSSR count). The van der Waals surface area contributed by atoms with E-state index in [1.807, 2.05) is 25.1 Å². The van der Waals surface area contributed by atoms with Crippen molar-refractivity contribution < 1.29 is 23.2 Å². The summed E-state index contributed by atoms with van der Waals surface area (Å²) >= 11 is 0. The molecule has 0 aliphatic carbocycles. The first kappa shape index (κ1) is 22.4. The number of halogens is 2. The lowest BCUT2D eigenvalue weighted by atomic mass is 9.92. The third-order valence-electron chi connectivity index (χ3n) is 5.72. The Morgan fingerprint density at radius 2 is 1.82 bits per heavy atom. The lowest BCUT2D eigenvalue weighted by molar-refractivity contribution is -0.128. The van der Waals surface area contributed by atoms with Crippen LogP contribution < -0.4 is 5.32 Å². The van der Waals surface area contributed by atoms with E-state index in [9.17, 15) is 18.4 Å². The zero-order chi connectivity index (χ0) is 23.9. The number of nitrogens with one attached hydrogen (secondary N) is 1. The van der Waals surface area contributed by atoms with E-state index >= 15 is 0 Å². The van der Waals surface area contributed by atoms with Gasteiger partial charge in [0.25, 0.3) is 5.91 Å². The summed E-state index contributed by atoms with van der Waals surface area (Å²) in [6.07, 6.45) is 0.713. The summed E-state index contributed by atoms with van der Waals surface area (Å²) < 4.78 is 29.6. The molecule has 0 spiro atoms. The third-order valence-corrected chi connectivity index (χ3v) is 5.72. The van der Waals surface area contributed by atoms with Gasteiger partial charge in [0, 0.05) is 23.9 Å². The van der Waals surface area contributed by atoms with E-state index in [-0.39, 0.29) is 17.2 Å². The molecule has 1 amide bonds. The molecular weight excluding hydrogens is 428 g/mol. The Morgan fingerprint density at radius 1 is 1.12 bits per heavy atom. The number of para-hydroxylation sites is 1. The van der Waals surface area contributed by atoms with Crippen LogP contribution in [0.2, 0.25) is 0 Å². The number of carbonyl (C=O) groups excluding carboxylic acids is 2. The van der Waals surface area contributed by atoms with Gasteiger partial charge in [-0.3, -0.25) is 9.59 Å². The highest BCUT2D eigenvalue weighted by molar-refractivity contribution is 6.49. The number of rotatable bonds is 5. The molecule has 0 saturated carbocycles. The van der Waals surface area contributed by atoms with E-state index in [0.29, 0.717) is 17.7 Å². The van der Waals surface area contributed by atoms with Gasteiger partial charge < -0.3 is 14.7 Å². The van der Waals surface area contributed by atoms with Crippen LogP contribution in [-0.4, -0.2) is 27.6 Å². The maximum absolute atomic E-state index is 14.0. The van der Waals surface area contributed by atoms with Crippen LogP contribution >= 0.6 is 0 Å². The average molecular weight is 451 g/mol. The zero-order valence-corrected chi connectivity index (χ0v) is 18.7. The maximum atomic E-state index is 14.0. The third kappa shape index (κ3) is 3.92. The first-order valence-electron chi connectivity index (χ1n) is 10.5. The number of Topliss-reactive ketones (excluding diaryl/α,β-unsaturated/α-hetero) is 1. The Balaban J connectivity index is 1.71. The number of hydrogen-bond acceptors (Lipinski definition) is 4. The Hall–Kier alpha value is -3.81. The van der Waals surface area contributed by atoms with Crippen molar-refractivity contribution >= 4 is 23.1 Å². The van der Waals surface area contributed by atoms with E-state index in [4.69, 9.17) is 4.84 Å². The fraction of sp³-hybridized carbons (Fsp3) is 0.240. The van der Waals surface area contributed by atoms with E-state index in [0.717, 1.165) is 23.3 Å². The minimum atomic E-state index is -1.02. The minimum Gasteiger partial charge on any atom is -0.381 e. The summed E-state index contributed by atoms with van der Waals surface area (Å²) in [6.45, 7) is 5.32. The van der Waals surface area contributed by atoms with Gasteiger partial charge in [-0.2, -0.15) is 0 Å². The second-order valence-electron chi connectivity index (χ2n) is 8.31. The van der Waals surface area contributed by atoms with Crippen LogP contribution in [0.3, 0.4) is 0 Å². The van der Waals surface area contributed by atoms with Crippen molar-refractivity contribution in [2.75, 3.05) is 5.32 Å². The number of ketones is 1. The van der Waals surface area contributed by atoms with Crippen molar-refractivity contribution in [3.63, 3.8) is 0 Å². The molecule has 2 aromatic carbocycles. The summed E-state index contributed by atoms with van der Waals surface area (Å²) in [7, 11) is 1.69. The molecule has 6 nitrogen and oxygen atoms in total. The Kier molecular flexibility index (Phi) is 5.61. The number of amides is 1. The molecule has 0 bridgehead atoms. The topological polar surface area (TPSA) is 72.7 Å². The van der Waals surface area contributed by atoms with Gasteiger partial charge in [0.1, 0.15) is 23.0 Å². The molecule has 0 fully saturated rings. The summed E-state index contributed by atoms with van der Waals surface area (Å²) in [5.74, 6) is -2.57. The van der Waals surface area contributed by atoms with Gasteiger partial charge in [-0.1, -0.05) is 30.3 Å². The maximum Gasteiger partial charge on any atom is 0.272 e. The van der Waals surface area contributed by atoms with Crippen LogP contribution in [0.25, 0.3) is 11.3 Å². The van der Waals surface area contributed by atoms with Crippen molar-refractivity contribution in [3.8, 4) is 11.3 Å². The van der Waals surface area contributed by atoms with Crippen LogP contribution in [0.4, 0.5) is 14.5 Å². The molecule has 3 aromatic rings. The van der Waals surface area contributed by atoms with Crippen LogP contribution in [-0.2, 0) is 23.1 Å². The van der Waals surface area contributed by atoms with Gasteiger partial charge in [0.05, 0.1) is 0 Å². The van der Waals surface area contributed by atoms with Gasteiger partial charge in [-0.15, -0.1) is 0 Å². The largest absolute Gasteiger partial charge is 0.381 e. The van der Waals surface area contributed by atoms with Crippen molar-refractivity contribution in [1.82, 2.24) is 4.57 Å². The molecule has 1 aliphatic rings. The van der Waals surface area contributed by atoms with E-state index in [1.54, 1.807) is 37.6 Å². The van der Waals surface area contributed by atoms with Gasteiger partial charge in [-0.25, -0.2) is 8.78 Å². The lowest BCUT2D eigenvalue weighted by Crippen LogP contribution is -2.33. The molecule has 1 aromatic heterocycles. The highest BCUT2D eigenvalue weighted by Gasteiger charge is 2.40.